The molecule has 2 unspecified atom stereocenters. The van der Waals surface area contributed by atoms with Crippen molar-refractivity contribution in [3.05, 3.63) is 47.8 Å². The molecule has 4 rings (SSSR count). The topological polar surface area (TPSA) is 97.3 Å². The molecule has 1 aliphatic heterocycles. The fourth-order valence-electron chi connectivity index (χ4n) is 5.60. The van der Waals surface area contributed by atoms with Gasteiger partial charge in [-0.3, -0.25) is 4.79 Å². The van der Waals surface area contributed by atoms with Crippen molar-refractivity contribution in [1.29, 1.82) is 0 Å². The molecule has 2 aromatic rings. The summed E-state index contributed by atoms with van der Waals surface area (Å²) < 4.78 is 60.9. The van der Waals surface area contributed by atoms with Crippen molar-refractivity contribution < 1.29 is 31.9 Å². The number of ether oxygens (including phenoxy) is 1. The summed E-state index contributed by atoms with van der Waals surface area (Å²) in [6.07, 6.45) is 10.5. The van der Waals surface area contributed by atoms with Crippen LogP contribution in [0.5, 0.6) is 0 Å². The highest BCUT2D eigenvalue weighted by atomic mass is 19.4. The maximum Gasteiger partial charge on any atom is 0.416 e. The third kappa shape index (κ3) is 6.01. The fourth-order valence-corrected chi connectivity index (χ4v) is 5.60. The van der Waals surface area contributed by atoms with E-state index in [9.17, 15) is 27.2 Å². The Labute approximate surface area is 218 Å². The quantitative estimate of drug-likeness (QED) is 0.360. The number of esters is 1. The van der Waals surface area contributed by atoms with E-state index in [1.54, 1.807) is 12.5 Å². The van der Waals surface area contributed by atoms with Crippen molar-refractivity contribution in [3.8, 4) is 0 Å². The predicted octanol–water partition coefficient (Wildman–Crippen LogP) is 5.13. The van der Waals surface area contributed by atoms with Gasteiger partial charge in [0.05, 0.1) is 30.3 Å². The van der Waals surface area contributed by atoms with Crippen molar-refractivity contribution in [2.24, 2.45) is 5.92 Å². The summed E-state index contributed by atoms with van der Waals surface area (Å²) in [5.74, 6) is -2.98. The number of amides is 1. The third-order valence-electron chi connectivity index (χ3n) is 7.66. The molecule has 1 saturated heterocycles. The molecule has 1 aromatic heterocycles. The number of rotatable bonds is 5. The Kier molecular flexibility index (Phi) is 8.71. The summed E-state index contributed by atoms with van der Waals surface area (Å²) in [5, 5.41) is 2.31. The second-order valence-corrected chi connectivity index (χ2v) is 10.0. The predicted molar refractivity (Wildman–Crippen MR) is 131 cm³/mol. The van der Waals surface area contributed by atoms with Crippen LogP contribution in [0.3, 0.4) is 0 Å². The van der Waals surface area contributed by atoms with E-state index in [0.29, 0.717) is 18.9 Å². The molecule has 38 heavy (non-hydrogen) atoms. The summed E-state index contributed by atoms with van der Waals surface area (Å²) in [4.78, 5) is 29.5. The van der Waals surface area contributed by atoms with Crippen LogP contribution >= 0.6 is 0 Å². The number of nitrogens with zero attached hydrogens (tertiary/aromatic N) is 2. The maximum absolute atomic E-state index is 14.8. The summed E-state index contributed by atoms with van der Waals surface area (Å²) in [5.41, 5.74) is 3.17. The van der Waals surface area contributed by atoms with Crippen LogP contribution in [0.4, 0.5) is 23.2 Å². The van der Waals surface area contributed by atoms with E-state index < -0.39 is 52.4 Å². The largest absolute Gasteiger partial charge is 0.465 e. The van der Waals surface area contributed by atoms with Crippen molar-refractivity contribution in [3.63, 3.8) is 0 Å². The van der Waals surface area contributed by atoms with E-state index >= 15 is 0 Å². The van der Waals surface area contributed by atoms with E-state index in [2.05, 4.69) is 25.9 Å². The Balaban J connectivity index is 1.53. The first kappa shape index (κ1) is 28.0. The average molecular weight is 540 g/mol. The van der Waals surface area contributed by atoms with E-state index in [1.807, 2.05) is 10.8 Å². The lowest BCUT2D eigenvalue weighted by molar-refractivity contribution is -0.137. The third-order valence-corrected chi connectivity index (χ3v) is 7.66. The average Bonchev–Trinajstić information content (AvgIpc) is 3.48. The fraction of sp³-hybridized carbons (Fsp3) is 0.577. The summed E-state index contributed by atoms with van der Waals surface area (Å²) in [6, 6.07) is -0.107. The molecule has 1 amide bonds. The molecule has 3 N–H and O–H groups in total. The van der Waals surface area contributed by atoms with Gasteiger partial charge in [-0.1, -0.05) is 38.5 Å². The highest BCUT2D eigenvalue weighted by molar-refractivity contribution is 6.03. The van der Waals surface area contributed by atoms with Crippen molar-refractivity contribution in [2.45, 2.75) is 82.1 Å². The zero-order chi connectivity index (χ0) is 27.3. The summed E-state index contributed by atoms with van der Waals surface area (Å²) in [6.45, 7) is 0. The van der Waals surface area contributed by atoms with Crippen molar-refractivity contribution in [2.75, 3.05) is 12.4 Å². The number of halogens is 4. The number of hydrazine groups is 1. The van der Waals surface area contributed by atoms with Gasteiger partial charge < -0.3 is 14.6 Å². The van der Waals surface area contributed by atoms with E-state index in [-0.39, 0.29) is 12.0 Å². The number of aromatic nitrogens is 2. The van der Waals surface area contributed by atoms with Gasteiger partial charge in [0.1, 0.15) is 17.5 Å². The lowest BCUT2D eigenvalue weighted by atomic mass is 9.79. The lowest BCUT2D eigenvalue weighted by Crippen LogP contribution is -2.66. The monoisotopic (exact) mass is 539 g/mol. The molecule has 8 nitrogen and oxygen atoms in total. The zero-order valence-electron chi connectivity index (χ0n) is 21.2. The van der Waals surface area contributed by atoms with E-state index in [4.69, 9.17) is 0 Å². The minimum absolute atomic E-state index is 0.246. The second-order valence-electron chi connectivity index (χ2n) is 10.0. The molecule has 2 aliphatic rings. The Bertz CT molecular complexity index is 1100. The number of benzene rings is 1. The first-order valence-corrected chi connectivity index (χ1v) is 13.0. The molecule has 2 heterocycles. The molecule has 1 aromatic carbocycles. The smallest absolute Gasteiger partial charge is 0.416 e. The number of anilines is 1. The van der Waals surface area contributed by atoms with Gasteiger partial charge >= 0.3 is 12.1 Å². The Hall–Kier alpha value is -2.99. The van der Waals surface area contributed by atoms with Crippen LogP contribution in [0.15, 0.2) is 30.9 Å². The van der Waals surface area contributed by atoms with Gasteiger partial charge in [-0.05, 0) is 43.7 Å². The van der Waals surface area contributed by atoms with Crippen molar-refractivity contribution >= 4 is 17.6 Å². The summed E-state index contributed by atoms with van der Waals surface area (Å²) in [7, 11) is 0.964. The van der Waals surface area contributed by atoms with Gasteiger partial charge in [-0.2, -0.15) is 13.2 Å². The highest BCUT2D eigenvalue weighted by Gasteiger charge is 2.44. The number of methoxy groups -OCH3 is 1. The van der Waals surface area contributed by atoms with E-state index in [0.717, 1.165) is 32.8 Å². The number of nitrogens with one attached hydrogen (secondary N) is 3. The van der Waals surface area contributed by atoms with E-state index in [1.165, 1.54) is 25.7 Å². The lowest BCUT2D eigenvalue weighted by Gasteiger charge is -2.47. The van der Waals surface area contributed by atoms with Crippen LogP contribution in [0.1, 0.15) is 80.1 Å². The standard InChI is InChI=1S/C26H33F4N5O3/c1-38-24(37)19-14-18(26(28,29)30)15-20(27)22(19)32-23(36)21-10-11-25(34-33-21,35-13-12-31-16-35)17-8-6-4-2-3-5-7-9-17/h12-17,21,33-34H,2-11H2,1H3,(H,32,36). The molecule has 2 atom stereocenters. The molecule has 208 valence electrons. The Morgan fingerprint density at radius 2 is 1.79 bits per heavy atom. The van der Waals surface area contributed by atoms with Gasteiger partial charge in [0, 0.05) is 12.4 Å². The van der Waals surface area contributed by atoms with Gasteiger partial charge in [-0.15, -0.1) is 0 Å². The number of carbonyl (C=O) groups is 2. The van der Waals surface area contributed by atoms with Crippen LogP contribution < -0.4 is 16.2 Å². The van der Waals surface area contributed by atoms with Crippen LogP contribution in [0.2, 0.25) is 0 Å². The van der Waals surface area contributed by atoms with Gasteiger partial charge in [0.2, 0.25) is 5.91 Å². The number of hydrogen-bond donors (Lipinski definition) is 3. The van der Waals surface area contributed by atoms with Crippen LogP contribution in [0, 0.1) is 11.7 Å². The summed E-state index contributed by atoms with van der Waals surface area (Å²) >= 11 is 0. The highest BCUT2D eigenvalue weighted by Crippen LogP contribution is 2.39. The Morgan fingerprint density at radius 3 is 2.34 bits per heavy atom. The zero-order valence-corrected chi connectivity index (χ0v) is 21.2. The minimum Gasteiger partial charge on any atom is -0.465 e. The molecule has 0 spiro atoms. The number of imidazole rings is 1. The first-order valence-electron chi connectivity index (χ1n) is 13.0. The molecule has 1 saturated carbocycles. The van der Waals surface area contributed by atoms with Crippen LogP contribution in [-0.4, -0.2) is 34.6 Å². The minimum atomic E-state index is -4.88. The molecular formula is C26H33F4N5O3. The van der Waals surface area contributed by atoms with Crippen LogP contribution in [-0.2, 0) is 21.4 Å². The van der Waals surface area contributed by atoms with Gasteiger partial charge in [0.15, 0.2) is 0 Å². The maximum atomic E-state index is 14.8. The SMILES string of the molecule is COC(=O)c1cc(C(F)(F)F)cc(F)c1NC(=O)C1CCC(C2CCCCCCCC2)(n2ccnc2)NN1. The number of carbonyl (C=O) groups excluding carboxylic acids is 2. The molecule has 1 aliphatic carbocycles. The van der Waals surface area contributed by atoms with Crippen LogP contribution in [0.25, 0.3) is 0 Å². The first-order chi connectivity index (χ1) is 18.2. The molecule has 2 fully saturated rings. The van der Waals surface area contributed by atoms with Gasteiger partial charge in [-0.25, -0.2) is 25.0 Å². The molecular weight excluding hydrogens is 506 g/mol. The number of alkyl halides is 3. The molecule has 0 radical (unpaired) electrons. The Morgan fingerprint density at radius 1 is 1.11 bits per heavy atom. The molecule has 0 bridgehead atoms. The number of hydrogen-bond acceptors (Lipinski definition) is 6. The normalized spacial score (nSPS) is 23.7. The second kappa shape index (κ2) is 11.8. The molecule has 12 heteroatoms. The van der Waals surface area contributed by atoms with Gasteiger partial charge in [0.25, 0.3) is 0 Å². The van der Waals surface area contributed by atoms with Crippen molar-refractivity contribution in [1.82, 2.24) is 20.4 Å².